The lowest BCUT2D eigenvalue weighted by molar-refractivity contribution is -0.176. The highest BCUT2D eigenvalue weighted by molar-refractivity contribution is 5.80. The molecule has 1 aromatic rings. The van der Waals surface area contributed by atoms with Crippen LogP contribution in [0.2, 0.25) is 0 Å². The number of hydrogen-bond acceptors (Lipinski definition) is 3. The summed E-state index contributed by atoms with van der Waals surface area (Å²) in [7, 11) is 0. The Kier molecular flexibility index (Phi) is 7.02. The van der Waals surface area contributed by atoms with Gasteiger partial charge in [0.05, 0.1) is 12.5 Å². The maximum atomic E-state index is 12.2. The normalized spacial score (nSPS) is 20.6. The van der Waals surface area contributed by atoms with Gasteiger partial charge in [-0.25, -0.2) is 0 Å². The van der Waals surface area contributed by atoms with E-state index in [0.29, 0.717) is 24.8 Å². The monoisotopic (exact) mass is 373 g/mol. The third kappa shape index (κ3) is 6.67. The van der Waals surface area contributed by atoms with E-state index in [1.165, 1.54) is 0 Å². The number of aliphatic carboxylic acids is 1. The molecule has 0 aromatic heterocycles. The minimum absolute atomic E-state index is 0.134. The van der Waals surface area contributed by atoms with Crippen LogP contribution >= 0.6 is 0 Å². The number of benzene rings is 1. The van der Waals surface area contributed by atoms with Crippen molar-refractivity contribution < 1.29 is 32.6 Å². The Bertz CT molecular complexity index is 616. The largest absolute Gasteiger partial charge is 0.481 e. The summed E-state index contributed by atoms with van der Waals surface area (Å²) in [5.41, 5.74) is 1.42. The van der Waals surface area contributed by atoms with E-state index in [9.17, 15) is 22.8 Å². The SMILES string of the molecule is O=C(O)C1CCCC(C(=O)NCc2ccc(COCC(F)(F)F)cc2)C1. The van der Waals surface area contributed by atoms with Crippen molar-refractivity contribution in [1.29, 1.82) is 0 Å². The molecule has 1 saturated carbocycles. The summed E-state index contributed by atoms with van der Waals surface area (Å²) in [6.07, 6.45) is -1.97. The molecule has 2 rings (SSSR count). The molecule has 1 aliphatic carbocycles. The third-order valence-corrected chi connectivity index (χ3v) is 4.42. The van der Waals surface area contributed by atoms with Crippen molar-refractivity contribution in [2.75, 3.05) is 6.61 Å². The van der Waals surface area contributed by atoms with Gasteiger partial charge in [-0.1, -0.05) is 30.7 Å². The third-order valence-electron chi connectivity index (χ3n) is 4.42. The molecule has 0 spiro atoms. The van der Waals surface area contributed by atoms with Crippen LogP contribution in [0, 0.1) is 11.8 Å². The average Bonchev–Trinajstić information content (AvgIpc) is 2.60. The first-order valence-electron chi connectivity index (χ1n) is 8.47. The van der Waals surface area contributed by atoms with Crippen molar-refractivity contribution in [1.82, 2.24) is 5.32 Å². The molecule has 1 aliphatic rings. The molecule has 26 heavy (non-hydrogen) atoms. The van der Waals surface area contributed by atoms with Gasteiger partial charge in [-0.2, -0.15) is 13.2 Å². The fourth-order valence-corrected chi connectivity index (χ4v) is 3.02. The van der Waals surface area contributed by atoms with Gasteiger partial charge in [0.2, 0.25) is 5.91 Å². The van der Waals surface area contributed by atoms with Crippen LogP contribution in [0.3, 0.4) is 0 Å². The smallest absolute Gasteiger partial charge is 0.411 e. The summed E-state index contributed by atoms with van der Waals surface area (Å²) in [5, 5.41) is 11.9. The van der Waals surface area contributed by atoms with E-state index in [4.69, 9.17) is 5.11 Å². The van der Waals surface area contributed by atoms with E-state index in [1.807, 2.05) is 0 Å². The Hall–Kier alpha value is -2.09. The second-order valence-electron chi connectivity index (χ2n) is 6.54. The molecule has 1 fully saturated rings. The van der Waals surface area contributed by atoms with Crippen LogP contribution in [0.4, 0.5) is 13.2 Å². The topological polar surface area (TPSA) is 75.6 Å². The number of carboxylic acid groups (broad SMARTS) is 1. The molecule has 2 atom stereocenters. The predicted octanol–water partition coefficient (Wildman–Crippen LogP) is 3.27. The molecule has 0 bridgehead atoms. The van der Waals surface area contributed by atoms with Crippen LogP contribution < -0.4 is 5.32 Å². The molecule has 0 radical (unpaired) electrons. The first kappa shape index (κ1) is 20.2. The van der Waals surface area contributed by atoms with Gasteiger partial charge in [-0.15, -0.1) is 0 Å². The molecule has 0 aliphatic heterocycles. The maximum absolute atomic E-state index is 12.2. The molecule has 2 unspecified atom stereocenters. The zero-order valence-corrected chi connectivity index (χ0v) is 14.2. The summed E-state index contributed by atoms with van der Waals surface area (Å²) in [6.45, 7) is -1.13. The number of rotatable bonds is 7. The van der Waals surface area contributed by atoms with Crippen LogP contribution in [0.15, 0.2) is 24.3 Å². The summed E-state index contributed by atoms with van der Waals surface area (Å²) in [6, 6.07) is 6.73. The highest BCUT2D eigenvalue weighted by Crippen LogP contribution is 2.29. The van der Waals surface area contributed by atoms with E-state index in [1.54, 1.807) is 24.3 Å². The number of hydrogen-bond donors (Lipinski definition) is 2. The molecule has 1 aromatic carbocycles. The lowest BCUT2D eigenvalue weighted by Gasteiger charge is -2.25. The number of alkyl halides is 3. The first-order valence-corrected chi connectivity index (χ1v) is 8.47. The van der Waals surface area contributed by atoms with Crippen molar-refractivity contribution in [3.8, 4) is 0 Å². The zero-order chi connectivity index (χ0) is 19.2. The van der Waals surface area contributed by atoms with E-state index in [0.717, 1.165) is 12.0 Å². The minimum atomic E-state index is -4.34. The second kappa shape index (κ2) is 9.02. The maximum Gasteiger partial charge on any atom is 0.411 e. The lowest BCUT2D eigenvalue weighted by atomic mass is 9.81. The Morgan fingerprint density at radius 1 is 1.12 bits per heavy atom. The first-order chi connectivity index (χ1) is 12.2. The van der Waals surface area contributed by atoms with E-state index in [2.05, 4.69) is 10.1 Å². The predicted molar refractivity (Wildman–Crippen MR) is 87.1 cm³/mol. The highest BCUT2D eigenvalue weighted by atomic mass is 19.4. The lowest BCUT2D eigenvalue weighted by Crippen LogP contribution is -2.35. The average molecular weight is 373 g/mol. The number of carboxylic acids is 1. The summed E-state index contributed by atoms with van der Waals surface area (Å²) < 4.78 is 40.7. The van der Waals surface area contributed by atoms with Gasteiger partial charge in [0.25, 0.3) is 0 Å². The summed E-state index contributed by atoms with van der Waals surface area (Å²) >= 11 is 0. The molecule has 8 heteroatoms. The molecule has 0 saturated heterocycles. The molecule has 5 nitrogen and oxygen atoms in total. The van der Waals surface area contributed by atoms with Gasteiger partial charge in [0.1, 0.15) is 6.61 Å². The van der Waals surface area contributed by atoms with E-state index in [-0.39, 0.29) is 25.0 Å². The van der Waals surface area contributed by atoms with Gasteiger partial charge in [0, 0.05) is 12.5 Å². The number of carbonyl (C=O) groups is 2. The highest BCUT2D eigenvalue weighted by Gasteiger charge is 2.30. The van der Waals surface area contributed by atoms with Gasteiger partial charge < -0.3 is 15.2 Å². The van der Waals surface area contributed by atoms with Crippen LogP contribution in [0.25, 0.3) is 0 Å². The van der Waals surface area contributed by atoms with Gasteiger partial charge in [0.15, 0.2) is 0 Å². The Morgan fingerprint density at radius 3 is 2.35 bits per heavy atom. The van der Waals surface area contributed by atoms with Crippen LogP contribution in [-0.4, -0.2) is 29.8 Å². The molecular formula is C18H22F3NO4. The van der Waals surface area contributed by atoms with Crippen LogP contribution in [0.5, 0.6) is 0 Å². The number of amides is 1. The van der Waals surface area contributed by atoms with Crippen molar-refractivity contribution in [3.05, 3.63) is 35.4 Å². The molecular weight excluding hydrogens is 351 g/mol. The minimum Gasteiger partial charge on any atom is -0.481 e. The standard InChI is InChI=1S/C18H22F3NO4/c19-18(20,21)11-26-10-13-6-4-12(5-7-13)9-22-16(23)14-2-1-3-15(8-14)17(24)25/h4-7,14-15H,1-3,8-11H2,(H,22,23)(H,24,25). The fourth-order valence-electron chi connectivity index (χ4n) is 3.02. The van der Waals surface area contributed by atoms with Gasteiger partial charge in [-0.3, -0.25) is 9.59 Å². The molecule has 2 N–H and O–H groups in total. The van der Waals surface area contributed by atoms with Crippen molar-refractivity contribution in [2.24, 2.45) is 11.8 Å². The molecule has 0 heterocycles. The van der Waals surface area contributed by atoms with Crippen molar-refractivity contribution in [2.45, 2.75) is 45.0 Å². The zero-order valence-electron chi connectivity index (χ0n) is 14.2. The summed E-state index contributed by atoms with van der Waals surface area (Å²) in [5.74, 6) is -1.77. The fraction of sp³-hybridized carbons (Fsp3) is 0.556. The Balaban J connectivity index is 1.76. The van der Waals surface area contributed by atoms with Gasteiger partial charge >= 0.3 is 12.1 Å². The molecule has 144 valence electrons. The molecule has 1 amide bonds. The number of carbonyl (C=O) groups excluding carboxylic acids is 1. The Morgan fingerprint density at radius 2 is 1.73 bits per heavy atom. The van der Waals surface area contributed by atoms with Gasteiger partial charge in [-0.05, 0) is 30.4 Å². The number of ether oxygens (including phenoxy) is 1. The Labute approximate surface area is 149 Å². The van der Waals surface area contributed by atoms with Crippen LogP contribution in [0.1, 0.15) is 36.8 Å². The van der Waals surface area contributed by atoms with E-state index >= 15 is 0 Å². The quantitative estimate of drug-likeness (QED) is 0.769. The summed E-state index contributed by atoms with van der Waals surface area (Å²) in [4.78, 5) is 23.3. The number of halogens is 3. The van der Waals surface area contributed by atoms with Crippen molar-refractivity contribution >= 4 is 11.9 Å². The van der Waals surface area contributed by atoms with Crippen LogP contribution in [-0.2, 0) is 27.5 Å². The van der Waals surface area contributed by atoms with E-state index < -0.39 is 24.7 Å². The number of nitrogens with one attached hydrogen (secondary N) is 1. The second-order valence-corrected chi connectivity index (χ2v) is 6.54. The van der Waals surface area contributed by atoms with Crippen molar-refractivity contribution in [3.63, 3.8) is 0 Å².